The van der Waals surface area contributed by atoms with Gasteiger partial charge < -0.3 is 20.1 Å². The summed E-state index contributed by atoms with van der Waals surface area (Å²) >= 11 is 5.94. The molecule has 0 amide bonds. The third-order valence-electron chi connectivity index (χ3n) is 2.38. The van der Waals surface area contributed by atoms with Crippen LogP contribution in [0.25, 0.3) is 0 Å². The number of nitrogens with one attached hydrogen (secondary N) is 1. The third-order valence-corrected chi connectivity index (χ3v) is 2.70. The highest BCUT2D eigenvalue weighted by atomic mass is 35.5. The Morgan fingerprint density at radius 2 is 2.11 bits per heavy atom. The van der Waals surface area contributed by atoms with Gasteiger partial charge in [0.2, 0.25) is 0 Å². The van der Waals surface area contributed by atoms with Gasteiger partial charge in [-0.1, -0.05) is 23.7 Å². The lowest BCUT2D eigenvalue weighted by molar-refractivity contribution is 0.106. The fraction of sp³-hybridized carbons (Fsp3) is 0.538. The molecule has 0 saturated heterocycles. The van der Waals surface area contributed by atoms with E-state index in [-0.39, 0.29) is 6.61 Å². The van der Waals surface area contributed by atoms with Gasteiger partial charge in [-0.3, -0.25) is 0 Å². The molecule has 4 nitrogen and oxygen atoms in total. The van der Waals surface area contributed by atoms with Gasteiger partial charge in [-0.2, -0.15) is 0 Å². The SMILES string of the molecule is CN(C)CCNCC(O)COc1ccccc1Cl. The van der Waals surface area contributed by atoms with Gasteiger partial charge in [-0.05, 0) is 26.2 Å². The van der Waals surface area contributed by atoms with Gasteiger partial charge in [0.25, 0.3) is 0 Å². The van der Waals surface area contributed by atoms with Gasteiger partial charge in [-0.25, -0.2) is 0 Å². The molecule has 0 saturated carbocycles. The summed E-state index contributed by atoms with van der Waals surface area (Å²) in [6.45, 7) is 2.53. The van der Waals surface area contributed by atoms with Gasteiger partial charge in [0.05, 0.1) is 5.02 Å². The first-order valence-electron chi connectivity index (χ1n) is 6.00. The van der Waals surface area contributed by atoms with Crippen molar-refractivity contribution in [3.8, 4) is 5.75 Å². The van der Waals surface area contributed by atoms with E-state index in [0.717, 1.165) is 13.1 Å². The number of para-hydroxylation sites is 1. The molecule has 1 atom stereocenters. The standard InChI is InChI=1S/C13H21ClN2O2/c1-16(2)8-7-15-9-11(17)10-18-13-6-4-3-5-12(13)14/h3-6,11,15,17H,7-10H2,1-2H3. The van der Waals surface area contributed by atoms with Crippen molar-refractivity contribution < 1.29 is 9.84 Å². The van der Waals surface area contributed by atoms with Crippen molar-refractivity contribution in [3.63, 3.8) is 0 Å². The lowest BCUT2D eigenvalue weighted by atomic mass is 10.3. The molecule has 0 spiro atoms. The van der Waals surface area contributed by atoms with Gasteiger partial charge in [0, 0.05) is 19.6 Å². The van der Waals surface area contributed by atoms with Crippen LogP contribution in [0.3, 0.4) is 0 Å². The lowest BCUT2D eigenvalue weighted by Crippen LogP contribution is -2.35. The van der Waals surface area contributed by atoms with Crippen LogP contribution in [0.5, 0.6) is 5.75 Å². The predicted molar refractivity (Wildman–Crippen MR) is 74.4 cm³/mol. The Morgan fingerprint density at radius 1 is 1.39 bits per heavy atom. The molecule has 18 heavy (non-hydrogen) atoms. The Bertz CT molecular complexity index is 348. The van der Waals surface area contributed by atoms with E-state index in [1.54, 1.807) is 12.1 Å². The van der Waals surface area contributed by atoms with Crippen LogP contribution in [0, 0.1) is 0 Å². The molecule has 0 bridgehead atoms. The van der Waals surface area contributed by atoms with Gasteiger partial charge in [0.1, 0.15) is 18.5 Å². The molecule has 5 heteroatoms. The van der Waals surface area contributed by atoms with Gasteiger partial charge in [0.15, 0.2) is 0 Å². The van der Waals surface area contributed by atoms with Crippen molar-refractivity contribution in [3.05, 3.63) is 29.3 Å². The molecule has 1 rings (SSSR count). The molecule has 2 N–H and O–H groups in total. The summed E-state index contributed by atoms with van der Waals surface area (Å²) < 4.78 is 5.44. The molecule has 0 aliphatic rings. The van der Waals surface area contributed by atoms with Crippen molar-refractivity contribution in [2.45, 2.75) is 6.10 Å². The molecule has 0 fully saturated rings. The smallest absolute Gasteiger partial charge is 0.138 e. The van der Waals surface area contributed by atoms with E-state index in [9.17, 15) is 5.11 Å². The molecule has 0 heterocycles. The minimum atomic E-state index is -0.538. The van der Waals surface area contributed by atoms with Crippen LogP contribution in [0.4, 0.5) is 0 Å². The Labute approximate surface area is 114 Å². The van der Waals surface area contributed by atoms with Gasteiger partial charge in [-0.15, -0.1) is 0 Å². The fourth-order valence-corrected chi connectivity index (χ4v) is 1.57. The minimum absolute atomic E-state index is 0.235. The lowest BCUT2D eigenvalue weighted by Gasteiger charge is -2.15. The molecule has 0 aliphatic heterocycles. The van der Waals surface area contributed by atoms with E-state index in [1.165, 1.54) is 0 Å². The van der Waals surface area contributed by atoms with E-state index in [2.05, 4.69) is 10.2 Å². The molecular weight excluding hydrogens is 252 g/mol. The third kappa shape index (κ3) is 6.21. The maximum atomic E-state index is 9.72. The Hall–Kier alpha value is -0.810. The van der Waals surface area contributed by atoms with Crippen LogP contribution in [-0.4, -0.2) is 56.4 Å². The summed E-state index contributed by atoms with van der Waals surface area (Å²) in [5, 5.41) is 13.4. The number of hydrogen-bond acceptors (Lipinski definition) is 4. The maximum Gasteiger partial charge on any atom is 0.138 e. The van der Waals surface area contributed by atoms with Crippen LogP contribution in [-0.2, 0) is 0 Å². The van der Waals surface area contributed by atoms with Crippen molar-refractivity contribution in [2.24, 2.45) is 0 Å². The summed E-state index contributed by atoms with van der Waals surface area (Å²) in [6.07, 6.45) is -0.538. The van der Waals surface area contributed by atoms with Crippen molar-refractivity contribution >= 4 is 11.6 Å². The highest BCUT2D eigenvalue weighted by molar-refractivity contribution is 6.32. The number of benzene rings is 1. The number of hydrogen-bond donors (Lipinski definition) is 2. The summed E-state index contributed by atoms with van der Waals surface area (Å²) in [7, 11) is 4.03. The van der Waals surface area contributed by atoms with Gasteiger partial charge >= 0.3 is 0 Å². The van der Waals surface area contributed by atoms with Crippen LogP contribution in [0.1, 0.15) is 0 Å². The van der Waals surface area contributed by atoms with E-state index < -0.39 is 6.10 Å². The summed E-state index contributed by atoms with van der Waals surface area (Å²) in [6, 6.07) is 7.24. The van der Waals surface area contributed by atoms with Crippen LogP contribution in [0.15, 0.2) is 24.3 Å². The topological polar surface area (TPSA) is 44.7 Å². The number of halogens is 1. The summed E-state index contributed by atoms with van der Waals surface area (Å²) in [4.78, 5) is 2.08. The quantitative estimate of drug-likeness (QED) is 0.699. The zero-order chi connectivity index (χ0) is 13.4. The zero-order valence-corrected chi connectivity index (χ0v) is 11.7. The molecule has 1 unspecified atom stereocenters. The van der Waals surface area contributed by atoms with Crippen molar-refractivity contribution in [1.82, 2.24) is 10.2 Å². The Balaban J connectivity index is 2.17. The average molecular weight is 273 g/mol. The Kier molecular flexibility index (Phi) is 7.05. The number of ether oxygens (including phenoxy) is 1. The van der Waals surface area contributed by atoms with Crippen molar-refractivity contribution in [1.29, 1.82) is 0 Å². The normalized spacial score (nSPS) is 12.7. The number of nitrogens with zero attached hydrogens (tertiary/aromatic N) is 1. The highest BCUT2D eigenvalue weighted by Gasteiger charge is 2.06. The van der Waals surface area contributed by atoms with Crippen LogP contribution in [0.2, 0.25) is 5.02 Å². The fourth-order valence-electron chi connectivity index (χ4n) is 1.38. The molecule has 1 aromatic carbocycles. The summed E-state index contributed by atoms with van der Waals surface area (Å²) in [5.41, 5.74) is 0. The molecular formula is C13H21ClN2O2. The van der Waals surface area contributed by atoms with E-state index in [1.807, 2.05) is 26.2 Å². The van der Waals surface area contributed by atoms with Crippen molar-refractivity contribution in [2.75, 3.05) is 40.3 Å². The number of aliphatic hydroxyl groups is 1. The minimum Gasteiger partial charge on any atom is -0.489 e. The monoisotopic (exact) mass is 272 g/mol. The first-order valence-corrected chi connectivity index (χ1v) is 6.38. The highest BCUT2D eigenvalue weighted by Crippen LogP contribution is 2.22. The maximum absolute atomic E-state index is 9.72. The Morgan fingerprint density at radius 3 is 2.78 bits per heavy atom. The number of aliphatic hydroxyl groups excluding tert-OH is 1. The van der Waals surface area contributed by atoms with Crippen LogP contribution >= 0.6 is 11.6 Å². The number of rotatable bonds is 8. The number of likely N-dealkylation sites (N-methyl/N-ethyl adjacent to an activating group) is 1. The molecule has 0 aliphatic carbocycles. The molecule has 0 aromatic heterocycles. The first-order chi connectivity index (χ1) is 8.59. The van der Waals surface area contributed by atoms with E-state index in [0.29, 0.717) is 17.3 Å². The average Bonchev–Trinajstić information content (AvgIpc) is 2.33. The van der Waals surface area contributed by atoms with Crippen LogP contribution < -0.4 is 10.1 Å². The van der Waals surface area contributed by atoms with E-state index >= 15 is 0 Å². The largest absolute Gasteiger partial charge is 0.489 e. The zero-order valence-electron chi connectivity index (χ0n) is 10.9. The molecule has 102 valence electrons. The molecule has 1 aromatic rings. The predicted octanol–water partition coefficient (Wildman–Crippen LogP) is 1.23. The second-order valence-corrected chi connectivity index (χ2v) is 4.81. The van der Waals surface area contributed by atoms with E-state index in [4.69, 9.17) is 16.3 Å². The second-order valence-electron chi connectivity index (χ2n) is 4.40. The second kappa shape index (κ2) is 8.32. The molecule has 0 radical (unpaired) electrons. The summed E-state index contributed by atoms with van der Waals surface area (Å²) in [5.74, 6) is 0.603. The first kappa shape index (κ1) is 15.2.